The topological polar surface area (TPSA) is 16.8 Å². The first-order chi connectivity index (χ1) is 11.5. The predicted octanol–water partition coefficient (Wildman–Crippen LogP) is 4.38. The maximum Gasteiger partial charge on any atom is 0.231 e. The maximum absolute atomic E-state index is 4.85. The number of hydrogen-bond acceptors (Lipinski definition) is 1. The zero-order chi connectivity index (χ0) is 17.0. The summed E-state index contributed by atoms with van der Waals surface area (Å²) in [6, 6.07) is 11.2. The Labute approximate surface area is 143 Å². The van der Waals surface area contributed by atoms with Crippen molar-refractivity contribution in [2.45, 2.75) is 34.1 Å². The Bertz CT molecular complexity index is 984. The Morgan fingerprint density at radius 2 is 1.71 bits per heavy atom. The van der Waals surface area contributed by atoms with Gasteiger partial charge in [-0.3, -0.25) is 0 Å². The number of nitrogens with zero attached hydrogens (tertiary/aromatic N) is 2. The van der Waals surface area contributed by atoms with Crippen LogP contribution in [-0.2, 0) is 13.5 Å². The summed E-state index contributed by atoms with van der Waals surface area (Å²) in [5.74, 6) is 0. The Morgan fingerprint density at radius 3 is 2.50 bits per heavy atom. The number of benzene rings is 2. The summed E-state index contributed by atoms with van der Waals surface area (Å²) < 4.78 is 2.33. The highest BCUT2D eigenvalue weighted by Crippen LogP contribution is 2.35. The van der Waals surface area contributed by atoms with Gasteiger partial charge >= 0.3 is 0 Å². The number of fused-ring (bicyclic) bond motifs is 3. The van der Waals surface area contributed by atoms with Gasteiger partial charge in [-0.15, -0.1) is 0 Å². The van der Waals surface area contributed by atoms with E-state index in [0.717, 1.165) is 12.1 Å². The largest absolute Gasteiger partial charge is 0.243 e. The molecule has 0 aliphatic heterocycles. The second-order valence-corrected chi connectivity index (χ2v) is 7.09. The molecule has 0 atom stereocenters. The summed E-state index contributed by atoms with van der Waals surface area (Å²) in [5, 5.41) is 0. The summed E-state index contributed by atoms with van der Waals surface area (Å²) in [4.78, 5) is 4.85. The summed E-state index contributed by atoms with van der Waals surface area (Å²) >= 11 is 0. The first kappa shape index (κ1) is 15.1. The Morgan fingerprint density at radius 1 is 0.917 bits per heavy atom. The molecule has 2 nitrogen and oxygen atoms in total. The van der Waals surface area contributed by atoms with Crippen molar-refractivity contribution in [2.24, 2.45) is 7.05 Å². The quantitative estimate of drug-likeness (QED) is 0.476. The molecule has 1 heterocycles. The minimum Gasteiger partial charge on any atom is -0.243 e. The van der Waals surface area contributed by atoms with Crippen LogP contribution >= 0.6 is 0 Å². The lowest BCUT2D eigenvalue weighted by atomic mass is 9.98. The molecule has 0 fully saturated rings. The van der Waals surface area contributed by atoms with Gasteiger partial charge in [-0.25, -0.2) is 4.98 Å². The van der Waals surface area contributed by atoms with Crippen LogP contribution in [0.15, 0.2) is 36.5 Å². The van der Waals surface area contributed by atoms with Gasteiger partial charge in [-0.05, 0) is 50.5 Å². The first-order valence-corrected chi connectivity index (χ1v) is 8.51. The second kappa shape index (κ2) is 5.27. The van der Waals surface area contributed by atoms with Crippen molar-refractivity contribution in [3.8, 4) is 22.5 Å². The van der Waals surface area contributed by atoms with Gasteiger partial charge in [0.05, 0.1) is 12.0 Å². The lowest BCUT2D eigenvalue weighted by Gasteiger charge is -2.10. The van der Waals surface area contributed by atoms with Gasteiger partial charge in [-0.2, -0.15) is 4.57 Å². The van der Waals surface area contributed by atoms with Gasteiger partial charge in [0.1, 0.15) is 18.9 Å². The van der Waals surface area contributed by atoms with Crippen molar-refractivity contribution in [3.05, 3.63) is 70.0 Å². The minimum absolute atomic E-state index is 0.966. The van der Waals surface area contributed by atoms with Crippen LogP contribution in [0, 0.1) is 27.7 Å². The van der Waals surface area contributed by atoms with Crippen LogP contribution in [0.2, 0.25) is 0 Å². The fourth-order valence-corrected chi connectivity index (χ4v) is 3.85. The Kier molecular flexibility index (Phi) is 3.31. The highest BCUT2D eigenvalue weighted by Gasteiger charge is 2.30. The van der Waals surface area contributed by atoms with Crippen molar-refractivity contribution in [1.29, 1.82) is 0 Å². The Hall–Kier alpha value is -2.48. The molecule has 2 heteroatoms. The van der Waals surface area contributed by atoms with Crippen LogP contribution < -0.4 is 4.57 Å². The van der Waals surface area contributed by atoms with E-state index in [1.54, 1.807) is 0 Å². The summed E-state index contributed by atoms with van der Waals surface area (Å²) in [6.45, 7) is 8.71. The standard InChI is InChI=1S/C22H23N2/c1-13-6-7-18-17(9-13)11-20-22(18)23-12-21(24(20)5)19-10-14(2)8-15(3)16(19)4/h6-10,12H,11H2,1-5H3/q+1. The van der Waals surface area contributed by atoms with E-state index in [0.29, 0.717) is 0 Å². The second-order valence-electron chi connectivity index (χ2n) is 7.09. The smallest absolute Gasteiger partial charge is 0.231 e. The number of aromatic nitrogens is 2. The molecule has 1 aromatic heterocycles. The van der Waals surface area contributed by atoms with Crippen molar-refractivity contribution in [1.82, 2.24) is 4.98 Å². The maximum atomic E-state index is 4.85. The highest BCUT2D eigenvalue weighted by atomic mass is 15.0. The zero-order valence-corrected chi connectivity index (χ0v) is 15.1. The van der Waals surface area contributed by atoms with Gasteiger partial charge < -0.3 is 0 Å². The molecule has 0 amide bonds. The third-order valence-corrected chi connectivity index (χ3v) is 5.32. The van der Waals surface area contributed by atoms with Crippen molar-refractivity contribution >= 4 is 0 Å². The van der Waals surface area contributed by atoms with Crippen LogP contribution in [0.5, 0.6) is 0 Å². The SMILES string of the molecule is Cc1ccc2c(c1)Cc1c-2ncc(-c2cc(C)cc(C)c2C)[n+]1C. The van der Waals surface area contributed by atoms with E-state index in [1.807, 2.05) is 6.20 Å². The molecule has 120 valence electrons. The molecule has 0 N–H and O–H groups in total. The summed E-state index contributed by atoms with van der Waals surface area (Å²) in [5.41, 5.74) is 12.9. The van der Waals surface area contributed by atoms with Gasteiger partial charge in [0, 0.05) is 5.56 Å². The molecule has 24 heavy (non-hydrogen) atoms. The molecule has 0 saturated carbocycles. The lowest BCUT2D eigenvalue weighted by molar-refractivity contribution is -0.667. The minimum atomic E-state index is 0.966. The van der Waals surface area contributed by atoms with Crippen LogP contribution in [-0.4, -0.2) is 4.98 Å². The molecule has 2 aromatic carbocycles. The van der Waals surface area contributed by atoms with E-state index in [-0.39, 0.29) is 0 Å². The fraction of sp³-hybridized carbons (Fsp3) is 0.273. The van der Waals surface area contributed by atoms with Gasteiger partial charge in [-0.1, -0.05) is 35.4 Å². The van der Waals surface area contributed by atoms with E-state index in [1.165, 1.54) is 50.3 Å². The van der Waals surface area contributed by atoms with E-state index >= 15 is 0 Å². The summed E-state index contributed by atoms with van der Waals surface area (Å²) in [7, 11) is 2.17. The Balaban J connectivity index is 1.91. The number of rotatable bonds is 1. The van der Waals surface area contributed by atoms with Crippen molar-refractivity contribution < 1.29 is 4.57 Å². The molecule has 0 bridgehead atoms. The molecular formula is C22H23N2+. The van der Waals surface area contributed by atoms with Crippen LogP contribution in [0.1, 0.15) is 33.5 Å². The summed E-state index contributed by atoms with van der Waals surface area (Å²) in [6.07, 6.45) is 3.00. The van der Waals surface area contributed by atoms with Gasteiger partial charge in [0.25, 0.3) is 0 Å². The van der Waals surface area contributed by atoms with E-state index < -0.39 is 0 Å². The molecule has 1 aliphatic rings. The normalized spacial score (nSPS) is 12.2. The molecule has 0 radical (unpaired) electrons. The fourth-order valence-electron chi connectivity index (χ4n) is 3.85. The molecule has 3 aromatic rings. The molecule has 1 aliphatic carbocycles. The lowest BCUT2D eigenvalue weighted by Crippen LogP contribution is -2.36. The zero-order valence-electron chi connectivity index (χ0n) is 15.1. The van der Waals surface area contributed by atoms with E-state index in [4.69, 9.17) is 4.98 Å². The molecule has 0 saturated heterocycles. The molecular weight excluding hydrogens is 292 g/mol. The van der Waals surface area contributed by atoms with Gasteiger partial charge in [0.2, 0.25) is 11.4 Å². The van der Waals surface area contributed by atoms with Crippen LogP contribution in [0.3, 0.4) is 0 Å². The average molecular weight is 315 g/mol. The molecule has 0 spiro atoms. The molecule has 0 unspecified atom stereocenters. The first-order valence-electron chi connectivity index (χ1n) is 8.51. The predicted molar refractivity (Wildman–Crippen MR) is 98.0 cm³/mol. The number of aryl methyl sites for hydroxylation is 3. The number of hydrogen-bond donors (Lipinski definition) is 0. The van der Waals surface area contributed by atoms with Gasteiger partial charge in [0.15, 0.2) is 0 Å². The monoisotopic (exact) mass is 315 g/mol. The van der Waals surface area contributed by atoms with E-state index in [9.17, 15) is 0 Å². The molecule has 4 rings (SSSR count). The van der Waals surface area contributed by atoms with Crippen molar-refractivity contribution in [3.63, 3.8) is 0 Å². The highest BCUT2D eigenvalue weighted by molar-refractivity contribution is 5.73. The van der Waals surface area contributed by atoms with E-state index in [2.05, 4.69) is 69.6 Å². The van der Waals surface area contributed by atoms with Crippen LogP contribution in [0.4, 0.5) is 0 Å². The van der Waals surface area contributed by atoms with Crippen LogP contribution in [0.25, 0.3) is 22.5 Å². The third-order valence-electron chi connectivity index (χ3n) is 5.32. The third kappa shape index (κ3) is 2.17. The van der Waals surface area contributed by atoms with Crippen molar-refractivity contribution in [2.75, 3.05) is 0 Å². The average Bonchev–Trinajstić information content (AvgIpc) is 2.90.